The standard InChI is InChI=1S/C18H21N3OS/c1-4-21(5-2)13-6-7-14(12(3)10-13)20-18(22)16-11-17-15(19-16)8-9-23-17/h6-11,19H,4-5H2,1-3H3,(H,20,22). The van der Waals surface area contributed by atoms with Gasteiger partial charge in [0.15, 0.2) is 0 Å². The summed E-state index contributed by atoms with van der Waals surface area (Å²) >= 11 is 1.63. The molecule has 23 heavy (non-hydrogen) atoms. The van der Waals surface area contributed by atoms with Crippen molar-refractivity contribution in [2.45, 2.75) is 20.8 Å². The monoisotopic (exact) mass is 327 g/mol. The molecule has 0 saturated heterocycles. The lowest BCUT2D eigenvalue weighted by atomic mass is 10.1. The van der Waals surface area contributed by atoms with Crippen molar-refractivity contribution in [1.29, 1.82) is 0 Å². The van der Waals surface area contributed by atoms with Gasteiger partial charge in [-0.05, 0) is 62.0 Å². The van der Waals surface area contributed by atoms with Gasteiger partial charge in [0.1, 0.15) is 5.69 Å². The Morgan fingerprint density at radius 2 is 2.00 bits per heavy atom. The van der Waals surface area contributed by atoms with E-state index in [2.05, 4.69) is 41.2 Å². The van der Waals surface area contributed by atoms with Crippen LogP contribution >= 0.6 is 11.3 Å². The number of nitrogens with zero attached hydrogens (tertiary/aromatic N) is 1. The van der Waals surface area contributed by atoms with Crippen LogP contribution in [0.4, 0.5) is 11.4 Å². The Labute approximate surface area is 140 Å². The highest BCUT2D eigenvalue weighted by Crippen LogP contribution is 2.25. The number of thiophene rings is 1. The first-order valence-electron chi connectivity index (χ1n) is 7.85. The summed E-state index contributed by atoms with van der Waals surface area (Å²) in [5.41, 5.74) is 4.71. The number of fused-ring (bicyclic) bond motifs is 1. The van der Waals surface area contributed by atoms with Crippen LogP contribution in [0.5, 0.6) is 0 Å². The molecule has 120 valence electrons. The van der Waals surface area contributed by atoms with Crippen LogP contribution in [0.1, 0.15) is 29.9 Å². The summed E-state index contributed by atoms with van der Waals surface area (Å²) in [6.07, 6.45) is 0. The molecular formula is C18H21N3OS. The van der Waals surface area contributed by atoms with Crippen molar-refractivity contribution in [2.75, 3.05) is 23.3 Å². The molecule has 0 radical (unpaired) electrons. The molecule has 3 aromatic rings. The van der Waals surface area contributed by atoms with Gasteiger partial charge >= 0.3 is 0 Å². The Kier molecular flexibility index (Phi) is 4.39. The van der Waals surface area contributed by atoms with Crippen LogP contribution in [-0.2, 0) is 0 Å². The third-order valence-corrected chi connectivity index (χ3v) is 4.94. The molecule has 4 nitrogen and oxygen atoms in total. The number of aryl methyl sites for hydroxylation is 1. The maximum absolute atomic E-state index is 12.4. The molecule has 0 spiro atoms. The highest BCUT2D eigenvalue weighted by Gasteiger charge is 2.12. The summed E-state index contributed by atoms with van der Waals surface area (Å²) in [4.78, 5) is 17.9. The minimum atomic E-state index is -0.105. The molecule has 3 rings (SSSR count). The lowest BCUT2D eigenvalue weighted by molar-refractivity contribution is 0.102. The quantitative estimate of drug-likeness (QED) is 0.717. The SMILES string of the molecule is CCN(CC)c1ccc(NC(=O)c2cc3sccc3[nH]2)c(C)c1. The molecule has 2 aromatic heterocycles. The minimum Gasteiger partial charge on any atom is -0.372 e. The number of hydrogen-bond donors (Lipinski definition) is 2. The van der Waals surface area contributed by atoms with E-state index in [1.165, 1.54) is 5.69 Å². The number of anilines is 2. The topological polar surface area (TPSA) is 48.1 Å². The van der Waals surface area contributed by atoms with Gasteiger partial charge in [-0.2, -0.15) is 0 Å². The van der Waals surface area contributed by atoms with Crippen LogP contribution in [-0.4, -0.2) is 24.0 Å². The van der Waals surface area contributed by atoms with Gasteiger partial charge in [-0.1, -0.05) is 0 Å². The maximum atomic E-state index is 12.4. The molecule has 2 N–H and O–H groups in total. The Hall–Kier alpha value is -2.27. The smallest absolute Gasteiger partial charge is 0.272 e. The summed E-state index contributed by atoms with van der Waals surface area (Å²) in [5, 5.41) is 5.01. The summed E-state index contributed by atoms with van der Waals surface area (Å²) in [5.74, 6) is -0.105. The summed E-state index contributed by atoms with van der Waals surface area (Å²) in [6, 6.07) is 10.0. The van der Waals surface area contributed by atoms with Crippen molar-refractivity contribution in [1.82, 2.24) is 4.98 Å². The van der Waals surface area contributed by atoms with Crippen LogP contribution in [0.3, 0.4) is 0 Å². The van der Waals surface area contributed by atoms with Gasteiger partial charge in [0.2, 0.25) is 0 Å². The number of carbonyl (C=O) groups is 1. The van der Waals surface area contributed by atoms with Crippen LogP contribution in [0, 0.1) is 6.92 Å². The van der Waals surface area contributed by atoms with Crippen molar-refractivity contribution in [3.63, 3.8) is 0 Å². The Morgan fingerprint density at radius 3 is 2.65 bits per heavy atom. The second kappa shape index (κ2) is 6.46. The second-order valence-corrected chi connectivity index (χ2v) is 6.45. The third kappa shape index (κ3) is 3.10. The van der Waals surface area contributed by atoms with Crippen molar-refractivity contribution in [3.8, 4) is 0 Å². The van der Waals surface area contributed by atoms with E-state index >= 15 is 0 Å². The Morgan fingerprint density at radius 1 is 1.22 bits per heavy atom. The van der Waals surface area contributed by atoms with E-state index in [-0.39, 0.29) is 5.91 Å². The van der Waals surface area contributed by atoms with E-state index in [4.69, 9.17) is 0 Å². The molecule has 1 amide bonds. The molecule has 0 bridgehead atoms. The predicted molar refractivity (Wildman–Crippen MR) is 98.9 cm³/mol. The fourth-order valence-electron chi connectivity index (χ4n) is 2.73. The number of hydrogen-bond acceptors (Lipinski definition) is 3. The van der Waals surface area contributed by atoms with Crippen LogP contribution < -0.4 is 10.2 Å². The van der Waals surface area contributed by atoms with Gasteiger partial charge in [-0.3, -0.25) is 4.79 Å². The fraction of sp³-hybridized carbons (Fsp3) is 0.278. The van der Waals surface area contributed by atoms with Crippen molar-refractivity contribution in [3.05, 3.63) is 47.0 Å². The Bertz CT molecular complexity index is 801. The van der Waals surface area contributed by atoms with Gasteiger partial charge in [0, 0.05) is 24.5 Å². The van der Waals surface area contributed by atoms with Gasteiger partial charge in [-0.15, -0.1) is 11.3 Å². The molecule has 0 aliphatic rings. The molecule has 0 aliphatic carbocycles. The van der Waals surface area contributed by atoms with E-state index in [9.17, 15) is 4.79 Å². The lowest BCUT2D eigenvalue weighted by Gasteiger charge is -2.22. The molecular weight excluding hydrogens is 306 g/mol. The zero-order chi connectivity index (χ0) is 16.4. The third-order valence-electron chi connectivity index (χ3n) is 4.07. The molecule has 0 fully saturated rings. The summed E-state index contributed by atoms with van der Waals surface area (Å²) in [6.45, 7) is 8.26. The number of amides is 1. The van der Waals surface area contributed by atoms with Crippen LogP contribution in [0.2, 0.25) is 0 Å². The average Bonchev–Trinajstić information content (AvgIpc) is 3.12. The largest absolute Gasteiger partial charge is 0.372 e. The summed E-state index contributed by atoms with van der Waals surface area (Å²) < 4.78 is 1.10. The molecule has 0 aliphatic heterocycles. The Balaban J connectivity index is 1.79. The zero-order valence-corrected chi connectivity index (χ0v) is 14.5. The van der Waals surface area contributed by atoms with E-state index in [1.54, 1.807) is 11.3 Å². The van der Waals surface area contributed by atoms with Crippen molar-refractivity contribution >= 4 is 38.8 Å². The number of aromatic amines is 1. The first-order chi connectivity index (χ1) is 11.1. The number of carbonyl (C=O) groups excluding carboxylic acids is 1. The minimum absolute atomic E-state index is 0.105. The van der Waals surface area contributed by atoms with E-state index in [0.717, 1.165) is 34.6 Å². The lowest BCUT2D eigenvalue weighted by Crippen LogP contribution is -2.22. The second-order valence-electron chi connectivity index (χ2n) is 5.51. The molecule has 0 unspecified atom stereocenters. The van der Waals surface area contributed by atoms with Gasteiger partial charge in [-0.25, -0.2) is 0 Å². The van der Waals surface area contributed by atoms with Crippen LogP contribution in [0.25, 0.3) is 10.2 Å². The van der Waals surface area contributed by atoms with Crippen molar-refractivity contribution in [2.24, 2.45) is 0 Å². The normalized spacial score (nSPS) is 10.9. The number of aromatic nitrogens is 1. The molecule has 0 atom stereocenters. The number of nitrogens with one attached hydrogen (secondary N) is 2. The first-order valence-corrected chi connectivity index (χ1v) is 8.73. The zero-order valence-electron chi connectivity index (χ0n) is 13.6. The average molecular weight is 327 g/mol. The molecule has 1 aromatic carbocycles. The van der Waals surface area contributed by atoms with E-state index in [1.807, 2.05) is 30.5 Å². The molecule has 0 saturated carbocycles. The van der Waals surface area contributed by atoms with E-state index < -0.39 is 0 Å². The highest BCUT2D eigenvalue weighted by molar-refractivity contribution is 7.17. The summed E-state index contributed by atoms with van der Waals surface area (Å²) in [7, 11) is 0. The molecule has 5 heteroatoms. The fourth-order valence-corrected chi connectivity index (χ4v) is 3.52. The highest BCUT2D eigenvalue weighted by atomic mass is 32.1. The first kappa shape index (κ1) is 15.6. The van der Waals surface area contributed by atoms with Gasteiger partial charge in [0.05, 0.1) is 10.2 Å². The van der Waals surface area contributed by atoms with Gasteiger partial charge in [0.25, 0.3) is 5.91 Å². The predicted octanol–water partition coefficient (Wildman–Crippen LogP) is 4.64. The van der Waals surface area contributed by atoms with Crippen LogP contribution in [0.15, 0.2) is 35.7 Å². The number of H-pyrrole nitrogens is 1. The number of rotatable bonds is 5. The number of benzene rings is 1. The van der Waals surface area contributed by atoms with E-state index in [0.29, 0.717) is 5.69 Å². The van der Waals surface area contributed by atoms with Gasteiger partial charge < -0.3 is 15.2 Å². The van der Waals surface area contributed by atoms with Crippen molar-refractivity contribution < 1.29 is 4.79 Å². The maximum Gasteiger partial charge on any atom is 0.272 e. The molecule has 2 heterocycles.